The van der Waals surface area contributed by atoms with Crippen LogP contribution in [-0.2, 0) is 0 Å². The molecule has 3 N–H and O–H groups in total. The zero-order valence-corrected chi connectivity index (χ0v) is 12.1. The molecule has 3 heterocycles. The van der Waals surface area contributed by atoms with Crippen LogP contribution in [0.1, 0.15) is 5.56 Å². The third-order valence-electron chi connectivity index (χ3n) is 3.07. The molecule has 0 aliphatic carbocycles. The van der Waals surface area contributed by atoms with Crippen molar-refractivity contribution < 1.29 is 0 Å². The van der Waals surface area contributed by atoms with Crippen LogP contribution in [0.25, 0.3) is 5.70 Å². The summed E-state index contributed by atoms with van der Waals surface area (Å²) >= 11 is 1.57. The molecule has 1 atom stereocenters. The van der Waals surface area contributed by atoms with Crippen molar-refractivity contribution in [2.24, 2.45) is 5.73 Å². The van der Waals surface area contributed by atoms with Crippen LogP contribution < -0.4 is 15.5 Å². The van der Waals surface area contributed by atoms with E-state index in [0.717, 1.165) is 22.9 Å². The Morgan fingerprint density at radius 3 is 2.95 bits per heavy atom. The Bertz CT molecular complexity index is 621. The quantitative estimate of drug-likeness (QED) is 0.895. The van der Waals surface area contributed by atoms with Gasteiger partial charge in [0, 0.05) is 20.3 Å². The van der Waals surface area contributed by atoms with E-state index in [-0.39, 0.29) is 5.50 Å². The first kappa shape index (κ1) is 13.0. The van der Waals surface area contributed by atoms with Gasteiger partial charge in [-0.15, -0.1) is 0 Å². The maximum atomic E-state index is 6.19. The minimum atomic E-state index is -0.176. The molecule has 1 aliphatic rings. The van der Waals surface area contributed by atoms with Gasteiger partial charge in [0.05, 0.1) is 17.5 Å². The molecule has 6 nitrogen and oxygen atoms in total. The summed E-state index contributed by atoms with van der Waals surface area (Å²) in [5.41, 5.74) is 8.04. The maximum Gasteiger partial charge on any atom is 0.135 e. The first-order valence-electron chi connectivity index (χ1n) is 6.21. The van der Waals surface area contributed by atoms with Crippen molar-refractivity contribution in [1.29, 1.82) is 0 Å². The molecule has 1 aliphatic heterocycles. The lowest BCUT2D eigenvalue weighted by Gasteiger charge is -2.26. The second kappa shape index (κ2) is 5.18. The Kier molecular flexibility index (Phi) is 3.37. The molecule has 0 aromatic carbocycles. The van der Waals surface area contributed by atoms with E-state index in [1.165, 1.54) is 0 Å². The van der Waals surface area contributed by atoms with Crippen molar-refractivity contribution in [1.82, 2.24) is 15.2 Å². The molecule has 0 saturated heterocycles. The summed E-state index contributed by atoms with van der Waals surface area (Å²) in [7, 11) is 3.95. The molecular weight excluding hydrogens is 272 g/mol. The Hall–Kier alpha value is -1.99. The fourth-order valence-electron chi connectivity index (χ4n) is 2.14. The number of anilines is 2. The van der Waals surface area contributed by atoms with E-state index in [9.17, 15) is 0 Å². The van der Waals surface area contributed by atoms with Gasteiger partial charge in [0.2, 0.25) is 0 Å². The smallest absolute Gasteiger partial charge is 0.135 e. The molecule has 104 valence electrons. The molecule has 7 heteroatoms. The molecule has 2 aromatic rings. The highest BCUT2D eigenvalue weighted by Crippen LogP contribution is 2.39. The SMILES string of the molecule is CN(C)c1[nH]ncc1C1=CSC(N)N1c1ccccn1. The molecule has 3 rings (SSSR count). The minimum absolute atomic E-state index is 0.176. The second-order valence-corrected chi connectivity index (χ2v) is 5.61. The van der Waals surface area contributed by atoms with E-state index in [4.69, 9.17) is 5.73 Å². The molecule has 0 spiro atoms. The lowest BCUT2D eigenvalue weighted by molar-refractivity contribution is 0.915. The summed E-state index contributed by atoms with van der Waals surface area (Å²) in [4.78, 5) is 8.40. The Balaban J connectivity index is 2.02. The number of aromatic nitrogens is 3. The van der Waals surface area contributed by atoms with Gasteiger partial charge in [0.25, 0.3) is 0 Å². The zero-order chi connectivity index (χ0) is 14.1. The van der Waals surface area contributed by atoms with Crippen LogP contribution in [0.2, 0.25) is 0 Å². The Morgan fingerprint density at radius 2 is 2.25 bits per heavy atom. The van der Waals surface area contributed by atoms with Gasteiger partial charge >= 0.3 is 0 Å². The van der Waals surface area contributed by atoms with Crippen LogP contribution in [0.5, 0.6) is 0 Å². The fraction of sp³-hybridized carbons (Fsp3) is 0.231. The van der Waals surface area contributed by atoms with Crippen LogP contribution in [0.3, 0.4) is 0 Å². The first-order valence-corrected chi connectivity index (χ1v) is 7.15. The first-order chi connectivity index (χ1) is 9.68. The van der Waals surface area contributed by atoms with Gasteiger partial charge in [-0.2, -0.15) is 5.10 Å². The molecular formula is C13H16N6S. The van der Waals surface area contributed by atoms with Crippen LogP contribution in [-0.4, -0.2) is 34.8 Å². The summed E-state index contributed by atoms with van der Waals surface area (Å²) in [6, 6.07) is 5.80. The molecule has 2 aromatic heterocycles. The third-order valence-corrected chi connectivity index (χ3v) is 3.92. The maximum absolute atomic E-state index is 6.19. The number of thioether (sulfide) groups is 1. The topological polar surface area (TPSA) is 74.1 Å². The number of hydrogen-bond donors (Lipinski definition) is 2. The predicted octanol–water partition coefficient (Wildman–Crippen LogP) is 1.66. The monoisotopic (exact) mass is 288 g/mol. The van der Waals surface area contributed by atoms with E-state index >= 15 is 0 Å². The summed E-state index contributed by atoms with van der Waals surface area (Å²) in [6.07, 6.45) is 3.58. The highest BCUT2D eigenvalue weighted by atomic mass is 32.2. The van der Waals surface area contributed by atoms with Crippen molar-refractivity contribution >= 4 is 29.1 Å². The van der Waals surface area contributed by atoms with E-state index in [1.54, 1.807) is 18.0 Å². The molecule has 0 radical (unpaired) electrons. The third kappa shape index (κ3) is 2.14. The number of pyridine rings is 1. The average Bonchev–Trinajstić information content (AvgIpc) is 3.05. The number of nitrogens with two attached hydrogens (primary N) is 1. The van der Waals surface area contributed by atoms with Gasteiger partial charge in [-0.25, -0.2) is 4.98 Å². The summed E-state index contributed by atoms with van der Waals surface area (Å²) in [5.74, 6) is 1.79. The van der Waals surface area contributed by atoms with Crippen molar-refractivity contribution in [3.8, 4) is 0 Å². The van der Waals surface area contributed by atoms with Crippen LogP contribution >= 0.6 is 11.8 Å². The standard InChI is InChI=1S/C13H16N6S/c1-18(2)12-9(7-16-17-12)10-8-20-13(14)19(10)11-5-3-4-6-15-11/h3-8,13H,14H2,1-2H3,(H,16,17). The number of H-pyrrole nitrogens is 1. The molecule has 0 fully saturated rings. The van der Waals surface area contributed by atoms with Gasteiger partial charge in [-0.1, -0.05) is 17.8 Å². The lowest BCUT2D eigenvalue weighted by atomic mass is 10.2. The minimum Gasteiger partial charge on any atom is -0.363 e. The number of nitrogens with zero attached hydrogens (tertiary/aromatic N) is 4. The summed E-state index contributed by atoms with van der Waals surface area (Å²) in [6.45, 7) is 0. The normalized spacial score (nSPS) is 18.2. The average molecular weight is 288 g/mol. The number of aromatic amines is 1. The van der Waals surface area contributed by atoms with Crippen LogP contribution in [0.15, 0.2) is 36.0 Å². The van der Waals surface area contributed by atoms with Crippen LogP contribution in [0.4, 0.5) is 11.6 Å². The lowest BCUT2D eigenvalue weighted by Crippen LogP contribution is -2.35. The largest absolute Gasteiger partial charge is 0.363 e. The second-order valence-electron chi connectivity index (χ2n) is 4.61. The van der Waals surface area contributed by atoms with Crippen molar-refractivity contribution in [2.45, 2.75) is 5.50 Å². The van der Waals surface area contributed by atoms with Crippen molar-refractivity contribution in [3.05, 3.63) is 41.6 Å². The van der Waals surface area contributed by atoms with E-state index in [1.807, 2.05) is 48.3 Å². The highest BCUT2D eigenvalue weighted by molar-refractivity contribution is 8.03. The molecule has 0 amide bonds. The van der Waals surface area contributed by atoms with Gasteiger partial charge in [-0.3, -0.25) is 10.00 Å². The highest BCUT2D eigenvalue weighted by Gasteiger charge is 2.29. The van der Waals surface area contributed by atoms with Gasteiger partial charge < -0.3 is 10.6 Å². The Labute approximate surface area is 121 Å². The molecule has 0 bridgehead atoms. The van der Waals surface area contributed by atoms with Crippen LogP contribution in [0, 0.1) is 0 Å². The van der Waals surface area contributed by atoms with E-state index < -0.39 is 0 Å². The van der Waals surface area contributed by atoms with Crippen molar-refractivity contribution in [3.63, 3.8) is 0 Å². The predicted molar refractivity (Wildman–Crippen MR) is 83.2 cm³/mol. The van der Waals surface area contributed by atoms with Gasteiger partial charge in [0.1, 0.15) is 17.1 Å². The summed E-state index contributed by atoms with van der Waals surface area (Å²) in [5, 5.41) is 9.20. The molecule has 0 saturated carbocycles. The number of rotatable bonds is 3. The fourth-order valence-corrected chi connectivity index (χ4v) is 2.99. The molecule has 20 heavy (non-hydrogen) atoms. The van der Waals surface area contributed by atoms with E-state index in [0.29, 0.717) is 0 Å². The van der Waals surface area contributed by atoms with E-state index in [2.05, 4.69) is 20.6 Å². The molecule has 1 unspecified atom stereocenters. The van der Waals surface area contributed by atoms with Crippen molar-refractivity contribution in [2.75, 3.05) is 23.9 Å². The summed E-state index contributed by atoms with van der Waals surface area (Å²) < 4.78 is 0. The van der Waals surface area contributed by atoms with Gasteiger partial charge in [0.15, 0.2) is 0 Å². The zero-order valence-electron chi connectivity index (χ0n) is 11.3. The Morgan fingerprint density at radius 1 is 1.40 bits per heavy atom. The van der Waals surface area contributed by atoms with Gasteiger partial charge in [-0.05, 0) is 17.5 Å². The number of hydrogen-bond acceptors (Lipinski definition) is 6. The number of nitrogens with one attached hydrogen (secondary N) is 1.